The van der Waals surface area contributed by atoms with E-state index in [9.17, 15) is 14.7 Å². The molecule has 2 N–H and O–H groups in total. The third-order valence-electron chi connectivity index (χ3n) is 4.16. The zero-order valence-corrected chi connectivity index (χ0v) is 15.4. The monoisotopic (exact) mass is 369 g/mol. The Hall–Kier alpha value is -3.28. The second kappa shape index (κ2) is 8.89. The van der Waals surface area contributed by atoms with Gasteiger partial charge in [-0.15, -0.1) is 0 Å². The molecule has 1 amide bonds. The predicted molar refractivity (Wildman–Crippen MR) is 102 cm³/mol. The maximum absolute atomic E-state index is 11.7. The van der Waals surface area contributed by atoms with Gasteiger partial charge in [-0.3, -0.25) is 0 Å². The molecule has 0 aliphatic rings. The molecule has 0 heterocycles. The lowest BCUT2D eigenvalue weighted by molar-refractivity contribution is -0.137. The fraction of sp³-hybridized carbons (Fsp3) is 0.238. The number of phenolic OH excluding ortho intramolecular Hbond substituents is 1. The largest absolute Gasteiger partial charge is 0.508 e. The van der Waals surface area contributed by atoms with Gasteiger partial charge < -0.3 is 19.9 Å². The molecule has 0 spiro atoms. The number of aromatic hydroxyl groups is 1. The van der Waals surface area contributed by atoms with Gasteiger partial charge in [-0.25, -0.2) is 9.59 Å². The Morgan fingerprint density at radius 2 is 1.63 bits per heavy atom. The van der Waals surface area contributed by atoms with E-state index in [0.29, 0.717) is 5.75 Å². The number of phenols is 1. The van der Waals surface area contributed by atoms with Gasteiger partial charge in [0.05, 0.1) is 6.54 Å². The highest BCUT2D eigenvalue weighted by molar-refractivity contribution is 5.81. The van der Waals surface area contributed by atoms with E-state index in [1.165, 1.54) is 0 Å². The van der Waals surface area contributed by atoms with Crippen molar-refractivity contribution >= 4 is 12.1 Å². The van der Waals surface area contributed by atoms with Crippen molar-refractivity contribution in [3.05, 3.63) is 72.3 Å². The van der Waals surface area contributed by atoms with E-state index in [1.54, 1.807) is 24.3 Å². The highest BCUT2D eigenvalue weighted by atomic mass is 16.6. The van der Waals surface area contributed by atoms with E-state index in [1.807, 2.05) is 24.3 Å². The van der Waals surface area contributed by atoms with E-state index in [0.717, 1.165) is 17.2 Å². The molecule has 0 saturated heterocycles. The highest BCUT2D eigenvalue weighted by Gasteiger charge is 2.23. The van der Waals surface area contributed by atoms with Gasteiger partial charge in [-0.2, -0.15) is 0 Å². The molecule has 0 atom stereocenters. The summed E-state index contributed by atoms with van der Waals surface area (Å²) in [6, 6.07) is 14.3. The van der Waals surface area contributed by atoms with Gasteiger partial charge in [0.2, 0.25) is 0 Å². The van der Waals surface area contributed by atoms with Crippen LogP contribution in [0.15, 0.2) is 61.2 Å². The topological polar surface area (TPSA) is 84.9 Å². The van der Waals surface area contributed by atoms with Crippen LogP contribution in [0.1, 0.15) is 25.0 Å². The van der Waals surface area contributed by atoms with Gasteiger partial charge in [-0.1, -0.05) is 44.7 Å². The number of amides is 1. The van der Waals surface area contributed by atoms with E-state index in [4.69, 9.17) is 9.47 Å². The molecule has 0 aliphatic heterocycles. The minimum absolute atomic E-state index is 0.0414. The SMILES string of the molecule is C=CC(=O)OCCNC(=O)Oc1ccc(C(C)(C)c2ccc(O)cc2)cc1. The maximum atomic E-state index is 11.7. The molecule has 2 rings (SSSR count). The molecule has 2 aromatic carbocycles. The van der Waals surface area contributed by atoms with Gasteiger partial charge >= 0.3 is 12.1 Å². The zero-order chi connectivity index (χ0) is 19.9. The molecule has 0 aromatic heterocycles. The van der Waals surface area contributed by atoms with Crippen molar-refractivity contribution in [3.8, 4) is 11.5 Å². The van der Waals surface area contributed by atoms with E-state index in [-0.39, 0.29) is 24.3 Å². The Labute approximate surface area is 158 Å². The van der Waals surface area contributed by atoms with Crippen LogP contribution in [0.2, 0.25) is 0 Å². The lowest BCUT2D eigenvalue weighted by Gasteiger charge is -2.26. The molecule has 0 unspecified atom stereocenters. The van der Waals surface area contributed by atoms with Crippen LogP contribution in [-0.4, -0.2) is 30.3 Å². The summed E-state index contributed by atoms with van der Waals surface area (Å²) in [5.74, 6) is 0.0846. The van der Waals surface area contributed by atoms with E-state index < -0.39 is 12.1 Å². The summed E-state index contributed by atoms with van der Waals surface area (Å²) in [6.45, 7) is 7.62. The molecule has 6 heteroatoms. The predicted octanol–water partition coefficient (Wildman–Crippen LogP) is 3.54. The number of hydrogen-bond donors (Lipinski definition) is 2. The summed E-state index contributed by atoms with van der Waals surface area (Å²) in [6.07, 6.45) is 0.426. The van der Waals surface area contributed by atoms with Gasteiger partial charge in [0.1, 0.15) is 18.1 Å². The number of ether oxygens (including phenoxy) is 2. The highest BCUT2D eigenvalue weighted by Crippen LogP contribution is 2.33. The number of esters is 1. The van der Waals surface area contributed by atoms with Crippen LogP contribution < -0.4 is 10.1 Å². The number of benzene rings is 2. The first-order valence-corrected chi connectivity index (χ1v) is 8.48. The first kappa shape index (κ1) is 20.0. The fourth-order valence-electron chi connectivity index (χ4n) is 2.49. The van der Waals surface area contributed by atoms with Crippen molar-refractivity contribution in [1.29, 1.82) is 0 Å². The number of carbonyl (C=O) groups excluding carboxylic acids is 2. The Morgan fingerprint density at radius 1 is 1.07 bits per heavy atom. The number of hydrogen-bond acceptors (Lipinski definition) is 5. The van der Waals surface area contributed by atoms with Crippen molar-refractivity contribution in [2.24, 2.45) is 0 Å². The number of carbonyl (C=O) groups is 2. The minimum Gasteiger partial charge on any atom is -0.508 e. The lowest BCUT2D eigenvalue weighted by Crippen LogP contribution is -2.30. The number of nitrogens with one attached hydrogen (secondary N) is 1. The molecular weight excluding hydrogens is 346 g/mol. The average molecular weight is 369 g/mol. The third-order valence-corrected chi connectivity index (χ3v) is 4.16. The Kier molecular flexibility index (Phi) is 6.60. The Morgan fingerprint density at radius 3 is 2.19 bits per heavy atom. The van der Waals surface area contributed by atoms with E-state index in [2.05, 4.69) is 25.7 Å². The average Bonchev–Trinajstić information content (AvgIpc) is 2.66. The zero-order valence-electron chi connectivity index (χ0n) is 15.4. The smallest absolute Gasteiger partial charge is 0.412 e. The molecule has 0 radical (unpaired) electrons. The number of rotatable bonds is 7. The summed E-state index contributed by atoms with van der Waals surface area (Å²) >= 11 is 0. The molecule has 27 heavy (non-hydrogen) atoms. The van der Waals surface area contributed by atoms with Crippen LogP contribution in [0.5, 0.6) is 11.5 Å². The summed E-state index contributed by atoms with van der Waals surface area (Å²) in [4.78, 5) is 22.6. The fourth-order valence-corrected chi connectivity index (χ4v) is 2.49. The van der Waals surface area contributed by atoms with Gasteiger partial charge in [0, 0.05) is 11.5 Å². The summed E-state index contributed by atoms with van der Waals surface area (Å²) in [5, 5.41) is 11.9. The first-order valence-electron chi connectivity index (χ1n) is 8.48. The van der Waals surface area contributed by atoms with Crippen molar-refractivity contribution in [2.75, 3.05) is 13.2 Å². The van der Waals surface area contributed by atoms with Crippen molar-refractivity contribution in [2.45, 2.75) is 19.3 Å². The Bertz CT molecular complexity index is 794. The molecule has 0 saturated carbocycles. The molecule has 0 bridgehead atoms. The lowest BCUT2D eigenvalue weighted by atomic mass is 9.78. The standard InChI is InChI=1S/C21H23NO5/c1-4-19(24)26-14-13-22-20(25)27-18-11-7-16(8-12-18)21(2,3)15-5-9-17(23)10-6-15/h4-12,23H,1,13-14H2,2-3H3,(H,22,25). The van der Waals surface area contributed by atoms with Crippen LogP contribution in [0.4, 0.5) is 4.79 Å². The summed E-state index contributed by atoms with van der Waals surface area (Å²) in [7, 11) is 0. The van der Waals surface area contributed by atoms with Crippen molar-refractivity contribution in [1.82, 2.24) is 5.32 Å². The van der Waals surface area contributed by atoms with Crippen molar-refractivity contribution in [3.63, 3.8) is 0 Å². The molecule has 0 fully saturated rings. The molecule has 6 nitrogen and oxygen atoms in total. The summed E-state index contributed by atoms with van der Waals surface area (Å²) < 4.78 is 9.94. The van der Waals surface area contributed by atoms with Crippen LogP contribution in [0.3, 0.4) is 0 Å². The molecular formula is C21H23NO5. The van der Waals surface area contributed by atoms with Gasteiger partial charge in [-0.05, 0) is 35.4 Å². The molecule has 142 valence electrons. The van der Waals surface area contributed by atoms with Crippen LogP contribution in [0, 0.1) is 0 Å². The van der Waals surface area contributed by atoms with Crippen molar-refractivity contribution < 1.29 is 24.2 Å². The second-order valence-corrected chi connectivity index (χ2v) is 6.38. The first-order chi connectivity index (χ1) is 12.8. The second-order valence-electron chi connectivity index (χ2n) is 6.38. The van der Waals surface area contributed by atoms with Crippen LogP contribution in [0.25, 0.3) is 0 Å². The van der Waals surface area contributed by atoms with Gasteiger partial charge in [0.25, 0.3) is 0 Å². The van der Waals surface area contributed by atoms with E-state index >= 15 is 0 Å². The Balaban J connectivity index is 1.92. The van der Waals surface area contributed by atoms with Crippen LogP contribution in [-0.2, 0) is 14.9 Å². The minimum atomic E-state index is -0.629. The normalized spacial score (nSPS) is 10.7. The molecule has 0 aliphatic carbocycles. The third kappa shape index (κ3) is 5.60. The quantitative estimate of drug-likeness (QED) is 0.443. The molecule has 2 aromatic rings. The maximum Gasteiger partial charge on any atom is 0.412 e. The summed E-state index contributed by atoms with van der Waals surface area (Å²) in [5.41, 5.74) is 1.82. The van der Waals surface area contributed by atoms with Gasteiger partial charge in [0.15, 0.2) is 0 Å². The van der Waals surface area contributed by atoms with Crippen LogP contribution >= 0.6 is 0 Å².